The van der Waals surface area contributed by atoms with Gasteiger partial charge in [0.25, 0.3) is 0 Å². The van der Waals surface area contributed by atoms with Gasteiger partial charge in [0.05, 0.1) is 0 Å². The molecular formula is C27H32O2. The van der Waals surface area contributed by atoms with Crippen molar-refractivity contribution in [3.63, 3.8) is 0 Å². The molecule has 0 aromatic heterocycles. The van der Waals surface area contributed by atoms with Crippen LogP contribution in [0.25, 0.3) is 0 Å². The number of aliphatic hydroxyl groups is 1. The Morgan fingerprint density at radius 2 is 1.10 bits per heavy atom. The van der Waals surface area contributed by atoms with Crippen LogP contribution in [0.2, 0.25) is 0 Å². The Balaban J connectivity index is 2.03. The largest absolute Gasteiger partial charge is 0.396 e. The van der Waals surface area contributed by atoms with Crippen molar-refractivity contribution in [3.8, 4) is 0 Å². The van der Waals surface area contributed by atoms with Crippen LogP contribution in [0.4, 0.5) is 0 Å². The van der Waals surface area contributed by atoms with Crippen LogP contribution in [0.3, 0.4) is 0 Å². The number of benzene rings is 3. The molecule has 1 atom stereocenters. The third kappa shape index (κ3) is 4.95. The average molecular weight is 389 g/mol. The van der Waals surface area contributed by atoms with E-state index in [0.29, 0.717) is 18.4 Å². The summed E-state index contributed by atoms with van der Waals surface area (Å²) in [5.74, 6) is 0.963. The van der Waals surface area contributed by atoms with E-state index < -0.39 is 5.60 Å². The molecule has 0 amide bonds. The quantitative estimate of drug-likeness (QED) is 0.429. The lowest BCUT2D eigenvalue weighted by Crippen LogP contribution is -2.34. The summed E-state index contributed by atoms with van der Waals surface area (Å²) in [5, 5.41) is 9.44. The minimum absolute atomic E-state index is 0.226. The van der Waals surface area contributed by atoms with Crippen molar-refractivity contribution < 1.29 is 9.84 Å². The fourth-order valence-corrected chi connectivity index (χ4v) is 4.11. The van der Waals surface area contributed by atoms with E-state index in [0.717, 1.165) is 29.5 Å². The van der Waals surface area contributed by atoms with Crippen molar-refractivity contribution in [1.29, 1.82) is 0 Å². The number of hydrogen-bond donors (Lipinski definition) is 1. The van der Waals surface area contributed by atoms with E-state index in [1.54, 1.807) is 0 Å². The topological polar surface area (TPSA) is 29.5 Å². The van der Waals surface area contributed by atoms with Crippen molar-refractivity contribution in [2.24, 2.45) is 11.8 Å². The minimum Gasteiger partial charge on any atom is -0.396 e. The van der Waals surface area contributed by atoms with Gasteiger partial charge in [0, 0.05) is 13.2 Å². The molecule has 0 saturated heterocycles. The summed E-state index contributed by atoms with van der Waals surface area (Å²) in [4.78, 5) is 0. The molecule has 2 heteroatoms. The zero-order chi connectivity index (χ0) is 20.5. The lowest BCUT2D eigenvalue weighted by Gasteiger charge is -2.36. The van der Waals surface area contributed by atoms with E-state index in [1.807, 2.05) is 18.2 Å². The summed E-state index contributed by atoms with van der Waals surface area (Å²) in [6, 6.07) is 31.4. The van der Waals surface area contributed by atoms with Gasteiger partial charge in [-0.1, -0.05) is 105 Å². The summed E-state index contributed by atoms with van der Waals surface area (Å²) < 4.78 is 6.83. The number of hydrogen-bond acceptors (Lipinski definition) is 2. The monoisotopic (exact) mass is 388 g/mol. The third-order valence-electron chi connectivity index (χ3n) is 5.79. The number of ether oxygens (including phenoxy) is 1. The second-order valence-electron chi connectivity index (χ2n) is 7.93. The highest BCUT2D eigenvalue weighted by molar-refractivity contribution is 5.47. The van der Waals surface area contributed by atoms with E-state index >= 15 is 0 Å². The maximum absolute atomic E-state index is 9.44. The molecule has 0 unspecified atom stereocenters. The molecule has 0 spiro atoms. The van der Waals surface area contributed by atoms with Crippen molar-refractivity contribution in [2.75, 3.05) is 13.2 Å². The second-order valence-corrected chi connectivity index (χ2v) is 7.93. The molecule has 0 heterocycles. The molecule has 3 aromatic rings. The van der Waals surface area contributed by atoms with Gasteiger partial charge >= 0.3 is 0 Å². The molecule has 152 valence electrons. The molecule has 2 nitrogen and oxygen atoms in total. The predicted octanol–water partition coefficient (Wildman–Crippen LogP) is 6.04. The molecule has 29 heavy (non-hydrogen) atoms. The zero-order valence-corrected chi connectivity index (χ0v) is 17.5. The van der Waals surface area contributed by atoms with E-state index in [1.165, 1.54) is 0 Å². The summed E-state index contributed by atoms with van der Waals surface area (Å²) in [6.07, 6.45) is 1.74. The van der Waals surface area contributed by atoms with Crippen LogP contribution in [0, 0.1) is 11.8 Å². The summed E-state index contributed by atoms with van der Waals surface area (Å²) in [6.45, 7) is 5.30. The number of rotatable bonds is 10. The van der Waals surface area contributed by atoms with Crippen LogP contribution in [-0.4, -0.2) is 18.3 Å². The van der Waals surface area contributed by atoms with E-state index in [-0.39, 0.29) is 6.61 Å². The first kappa shape index (κ1) is 21.3. The van der Waals surface area contributed by atoms with Gasteiger partial charge in [0.15, 0.2) is 0 Å². The molecule has 0 aliphatic rings. The lowest BCUT2D eigenvalue weighted by atomic mass is 9.80. The first-order valence-corrected chi connectivity index (χ1v) is 10.6. The van der Waals surface area contributed by atoms with Gasteiger partial charge < -0.3 is 9.84 Å². The normalized spacial score (nSPS) is 12.8. The Hall–Kier alpha value is -2.42. The molecule has 3 rings (SSSR count). The maximum Gasteiger partial charge on any atom is 0.143 e. The van der Waals surface area contributed by atoms with Crippen LogP contribution < -0.4 is 0 Å². The summed E-state index contributed by atoms with van der Waals surface area (Å²) >= 11 is 0. The molecular weight excluding hydrogens is 356 g/mol. The standard InChI is InChI=1S/C27H32O2/c1-22(2)23(18-20-28)19-21-29-27(24-12-6-3-7-13-24,25-14-8-4-9-15-25)26-16-10-5-11-17-26/h3-17,22-23,28H,18-21H2,1-2H3/t23-/m0/s1. The van der Waals surface area contributed by atoms with Crippen LogP contribution in [0.15, 0.2) is 91.0 Å². The van der Waals surface area contributed by atoms with Gasteiger partial charge in [-0.25, -0.2) is 0 Å². The Labute approximate surface area is 175 Å². The average Bonchev–Trinajstić information content (AvgIpc) is 2.78. The van der Waals surface area contributed by atoms with E-state index in [9.17, 15) is 5.11 Å². The highest BCUT2D eigenvalue weighted by Gasteiger charge is 2.37. The number of aliphatic hydroxyl groups excluding tert-OH is 1. The zero-order valence-electron chi connectivity index (χ0n) is 17.5. The van der Waals surface area contributed by atoms with Crippen molar-refractivity contribution in [2.45, 2.75) is 32.3 Å². The predicted molar refractivity (Wildman–Crippen MR) is 120 cm³/mol. The fourth-order valence-electron chi connectivity index (χ4n) is 4.11. The fraction of sp³-hybridized carbons (Fsp3) is 0.333. The Morgan fingerprint density at radius 1 is 0.690 bits per heavy atom. The van der Waals surface area contributed by atoms with Gasteiger partial charge in [-0.3, -0.25) is 0 Å². The maximum atomic E-state index is 9.44. The highest BCUT2D eigenvalue weighted by Crippen LogP contribution is 2.40. The van der Waals surface area contributed by atoms with Crippen LogP contribution >= 0.6 is 0 Å². The molecule has 1 N–H and O–H groups in total. The Bertz CT molecular complexity index is 732. The van der Waals surface area contributed by atoms with Crippen LogP contribution in [-0.2, 0) is 10.3 Å². The molecule has 0 aliphatic carbocycles. The first-order valence-electron chi connectivity index (χ1n) is 10.6. The molecule has 0 aliphatic heterocycles. The van der Waals surface area contributed by atoms with Gasteiger partial charge in [0.1, 0.15) is 5.60 Å². The lowest BCUT2D eigenvalue weighted by molar-refractivity contribution is 0.00139. The van der Waals surface area contributed by atoms with Gasteiger partial charge in [0.2, 0.25) is 0 Å². The van der Waals surface area contributed by atoms with Crippen molar-refractivity contribution in [3.05, 3.63) is 108 Å². The van der Waals surface area contributed by atoms with Gasteiger partial charge in [-0.2, -0.15) is 0 Å². The molecule has 0 bridgehead atoms. The smallest absolute Gasteiger partial charge is 0.143 e. The molecule has 0 radical (unpaired) electrons. The van der Waals surface area contributed by atoms with Crippen molar-refractivity contribution >= 4 is 0 Å². The molecule has 3 aromatic carbocycles. The SMILES string of the molecule is CC(C)[C@@H](CCO)CCOC(c1ccccc1)(c1ccccc1)c1ccccc1. The third-order valence-corrected chi connectivity index (χ3v) is 5.79. The second kappa shape index (κ2) is 10.4. The Kier molecular flexibility index (Phi) is 7.62. The van der Waals surface area contributed by atoms with Gasteiger partial charge in [-0.05, 0) is 41.4 Å². The molecule has 0 saturated carbocycles. The summed E-state index contributed by atoms with van der Waals surface area (Å²) in [7, 11) is 0. The van der Waals surface area contributed by atoms with Crippen molar-refractivity contribution in [1.82, 2.24) is 0 Å². The van der Waals surface area contributed by atoms with Crippen LogP contribution in [0.1, 0.15) is 43.4 Å². The highest BCUT2D eigenvalue weighted by atomic mass is 16.5. The summed E-state index contributed by atoms with van der Waals surface area (Å²) in [5.41, 5.74) is 2.71. The van der Waals surface area contributed by atoms with Crippen LogP contribution in [0.5, 0.6) is 0 Å². The first-order chi connectivity index (χ1) is 14.2. The molecule has 0 fully saturated rings. The van der Waals surface area contributed by atoms with E-state index in [2.05, 4.69) is 86.6 Å². The van der Waals surface area contributed by atoms with Gasteiger partial charge in [-0.15, -0.1) is 0 Å². The Morgan fingerprint density at radius 3 is 1.45 bits per heavy atom. The minimum atomic E-state index is -0.662. The van der Waals surface area contributed by atoms with E-state index in [4.69, 9.17) is 4.74 Å².